The Morgan fingerprint density at radius 2 is 1.12 bits per heavy atom. The third-order valence-corrected chi connectivity index (χ3v) is 3.16. The summed E-state index contributed by atoms with van der Waals surface area (Å²) in [5.41, 5.74) is 13.0. The lowest BCUT2D eigenvalue weighted by atomic mass is 10.1. The summed E-state index contributed by atoms with van der Waals surface area (Å²) in [5, 5.41) is 0. The van der Waals surface area contributed by atoms with Gasteiger partial charge in [0.15, 0.2) is 0 Å². The highest BCUT2D eigenvalue weighted by molar-refractivity contribution is 5.96. The molecule has 0 fully saturated rings. The average molecular weight is 350 g/mol. The number of nitrogens with zero attached hydrogens (tertiary/aromatic N) is 2. The molecule has 6 nitrogen and oxygen atoms in total. The molecule has 0 aliphatic carbocycles. The lowest BCUT2D eigenvalue weighted by molar-refractivity contribution is 0.0988. The van der Waals surface area contributed by atoms with E-state index >= 15 is 0 Å². The van der Waals surface area contributed by atoms with Crippen LogP contribution in [-0.4, -0.2) is 24.2 Å². The molecular formula is C20H22N4O2. The fourth-order valence-electron chi connectivity index (χ4n) is 1.69. The second-order valence-corrected chi connectivity index (χ2v) is 5.33. The maximum absolute atomic E-state index is 10.6. The standard InChI is InChI=1S/C8H8N2O2.2C6H7N/c9-7(11)5-1-2-6(4-3-5)8(10)12;2*1-6-2-4-7-5-3-6/h1-4H,(H2,9,11)(H2,10,12);2*2,4-5H,1,3H2. The molecule has 26 heavy (non-hydrogen) atoms. The molecule has 0 spiro atoms. The van der Waals surface area contributed by atoms with Crippen molar-refractivity contribution in [1.29, 1.82) is 0 Å². The van der Waals surface area contributed by atoms with E-state index in [4.69, 9.17) is 11.5 Å². The van der Waals surface area contributed by atoms with Gasteiger partial charge in [0, 0.05) is 48.8 Å². The molecule has 2 amide bonds. The summed E-state index contributed by atoms with van der Waals surface area (Å²) in [5.74, 6) is -1.04. The third kappa shape index (κ3) is 8.35. The smallest absolute Gasteiger partial charge is 0.248 e. The Hall–Kier alpha value is -3.54. The van der Waals surface area contributed by atoms with Crippen LogP contribution in [0.15, 0.2) is 83.1 Å². The lowest BCUT2D eigenvalue weighted by Crippen LogP contribution is -2.13. The van der Waals surface area contributed by atoms with Crippen LogP contribution in [0, 0.1) is 0 Å². The fourth-order valence-corrected chi connectivity index (χ4v) is 1.69. The first-order valence-corrected chi connectivity index (χ1v) is 7.81. The van der Waals surface area contributed by atoms with Gasteiger partial charge in [0.1, 0.15) is 0 Å². The number of amides is 2. The number of hydrogen-bond donors (Lipinski definition) is 2. The molecular weight excluding hydrogens is 328 g/mol. The van der Waals surface area contributed by atoms with Crippen LogP contribution >= 0.6 is 0 Å². The van der Waals surface area contributed by atoms with Crippen molar-refractivity contribution in [3.05, 3.63) is 84.2 Å². The molecule has 0 saturated carbocycles. The van der Waals surface area contributed by atoms with E-state index in [9.17, 15) is 9.59 Å². The van der Waals surface area contributed by atoms with Crippen molar-refractivity contribution in [2.45, 2.75) is 12.8 Å². The van der Waals surface area contributed by atoms with Gasteiger partial charge in [-0.25, -0.2) is 0 Å². The Bertz CT molecular complexity index is 718. The van der Waals surface area contributed by atoms with Gasteiger partial charge >= 0.3 is 0 Å². The summed E-state index contributed by atoms with van der Waals surface area (Å²) in [6.07, 6.45) is 12.9. The SMILES string of the molecule is C=C1C=CN=CC1.C=C1C=CN=CC1.NC(=O)c1ccc(C(N)=O)cc1. The zero-order chi connectivity index (χ0) is 19.4. The van der Waals surface area contributed by atoms with Crippen LogP contribution in [0.1, 0.15) is 33.6 Å². The van der Waals surface area contributed by atoms with Crippen LogP contribution in [0.4, 0.5) is 0 Å². The minimum atomic E-state index is -0.522. The second-order valence-electron chi connectivity index (χ2n) is 5.33. The number of rotatable bonds is 2. The summed E-state index contributed by atoms with van der Waals surface area (Å²) < 4.78 is 0. The van der Waals surface area contributed by atoms with E-state index in [0.717, 1.165) is 24.0 Å². The van der Waals surface area contributed by atoms with Gasteiger partial charge in [-0.05, 0) is 47.6 Å². The largest absolute Gasteiger partial charge is 0.366 e. The van der Waals surface area contributed by atoms with E-state index in [1.165, 1.54) is 24.3 Å². The van der Waals surface area contributed by atoms with E-state index in [0.29, 0.717) is 11.1 Å². The average Bonchev–Trinajstić information content (AvgIpc) is 2.64. The molecule has 1 aromatic rings. The van der Waals surface area contributed by atoms with E-state index in [2.05, 4.69) is 23.1 Å². The zero-order valence-electron chi connectivity index (χ0n) is 14.5. The molecule has 1 aromatic carbocycles. The second kappa shape index (κ2) is 11.1. The molecule has 134 valence electrons. The predicted molar refractivity (Wildman–Crippen MR) is 106 cm³/mol. The number of benzene rings is 1. The number of nitrogens with two attached hydrogens (primary N) is 2. The topological polar surface area (TPSA) is 111 Å². The quantitative estimate of drug-likeness (QED) is 0.854. The Morgan fingerprint density at radius 3 is 1.27 bits per heavy atom. The Morgan fingerprint density at radius 1 is 0.769 bits per heavy atom. The van der Waals surface area contributed by atoms with Crippen LogP contribution in [-0.2, 0) is 0 Å². The summed E-state index contributed by atoms with van der Waals surface area (Å²) >= 11 is 0. The van der Waals surface area contributed by atoms with E-state index < -0.39 is 11.8 Å². The van der Waals surface area contributed by atoms with Crippen molar-refractivity contribution in [2.75, 3.05) is 0 Å². The van der Waals surface area contributed by atoms with Gasteiger partial charge in [-0.3, -0.25) is 19.6 Å². The molecule has 2 heterocycles. The number of primary amides is 2. The van der Waals surface area contributed by atoms with Gasteiger partial charge in [-0.1, -0.05) is 13.2 Å². The number of hydrogen-bond acceptors (Lipinski definition) is 4. The van der Waals surface area contributed by atoms with E-state index in [-0.39, 0.29) is 0 Å². The zero-order valence-corrected chi connectivity index (χ0v) is 14.5. The summed E-state index contributed by atoms with van der Waals surface area (Å²) in [6, 6.07) is 5.84. The van der Waals surface area contributed by atoms with Crippen LogP contribution in [0.2, 0.25) is 0 Å². The molecule has 0 aromatic heterocycles. The highest BCUT2D eigenvalue weighted by Crippen LogP contribution is 2.03. The summed E-state index contributed by atoms with van der Waals surface area (Å²) in [6.45, 7) is 7.47. The molecule has 0 saturated heterocycles. The molecule has 3 rings (SSSR count). The molecule has 0 bridgehead atoms. The van der Waals surface area contributed by atoms with Gasteiger partial charge in [-0.2, -0.15) is 0 Å². The molecule has 6 heteroatoms. The minimum Gasteiger partial charge on any atom is -0.366 e. The van der Waals surface area contributed by atoms with Gasteiger partial charge < -0.3 is 11.5 Å². The Kier molecular flexibility index (Phi) is 8.75. The summed E-state index contributed by atoms with van der Waals surface area (Å²) in [4.78, 5) is 28.9. The minimum absolute atomic E-state index is 0.361. The Balaban J connectivity index is 0.000000207. The lowest BCUT2D eigenvalue weighted by Gasteiger charge is -1.96. The molecule has 0 unspecified atom stereocenters. The molecule has 4 N–H and O–H groups in total. The monoisotopic (exact) mass is 350 g/mol. The Labute approximate surface area is 153 Å². The van der Waals surface area contributed by atoms with Gasteiger partial charge in [0.05, 0.1) is 0 Å². The molecule has 0 atom stereocenters. The normalized spacial score (nSPS) is 14.0. The van der Waals surface area contributed by atoms with Crippen LogP contribution in [0.3, 0.4) is 0 Å². The van der Waals surface area contributed by atoms with Crippen LogP contribution < -0.4 is 11.5 Å². The van der Waals surface area contributed by atoms with Crippen molar-refractivity contribution in [3.63, 3.8) is 0 Å². The molecule has 2 aliphatic heterocycles. The number of carbonyl (C=O) groups is 2. The van der Waals surface area contributed by atoms with E-state index in [1.54, 1.807) is 12.4 Å². The molecule has 2 aliphatic rings. The number of carbonyl (C=O) groups excluding carboxylic acids is 2. The van der Waals surface area contributed by atoms with Gasteiger partial charge in [0.25, 0.3) is 0 Å². The maximum atomic E-state index is 10.6. The highest BCUT2D eigenvalue weighted by atomic mass is 16.1. The number of aliphatic imine (C=N–C) groups is 2. The van der Waals surface area contributed by atoms with E-state index in [1.807, 2.05) is 24.6 Å². The van der Waals surface area contributed by atoms with Crippen molar-refractivity contribution in [3.8, 4) is 0 Å². The van der Waals surface area contributed by atoms with Gasteiger partial charge in [-0.15, -0.1) is 0 Å². The van der Waals surface area contributed by atoms with Crippen LogP contribution in [0.25, 0.3) is 0 Å². The maximum Gasteiger partial charge on any atom is 0.248 e. The van der Waals surface area contributed by atoms with Crippen molar-refractivity contribution in [1.82, 2.24) is 0 Å². The first kappa shape index (κ1) is 20.5. The first-order chi connectivity index (χ1) is 12.4. The van der Waals surface area contributed by atoms with Crippen molar-refractivity contribution in [2.24, 2.45) is 21.5 Å². The van der Waals surface area contributed by atoms with Crippen LogP contribution in [0.5, 0.6) is 0 Å². The predicted octanol–water partition coefficient (Wildman–Crippen LogP) is 2.95. The first-order valence-electron chi connectivity index (χ1n) is 7.81. The highest BCUT2D eigenvalue weighted by Gasteiger charge is 2.02. The summed E-state index contributed by atoms with van der Waals surface area (Å²) in [7, 11) is 0. The third-order valence-electron chi connectivity index (χ3n) is 3.16. The fraction of sp³-hybridized carbons (Fsp3) is 0.100. The number of allylic oxidation sites excluding steroid dienone is 4. The molecule has 0 radical (unpaired) electrons. The van der Waals surface area contributed by atoms with Crippen molar-refractivity contribution < 1.29 is 9.59 Å². The van der Waals surface area contributed by atoms with Crippen molar-refractivity contribution >= 4 is 24.2 Å². The van der Waals surface area contributed by atoms with Gasteiger partial charge in [0.2, 0.25) is 11.8 Å².